The Kier molecular flexibility index (Phi) is 4.09. The molecule has 2 rings (SSSR count). The number of nitrogens with zero attached hydrogens (tertiary/aromatic N) is 3. The number of aromatic nitrogens is 2. The number of carbonyl (C=O) groups is 2. The Balaban J connectivity index is 2.16. The molecule has 6 nitrogen and oxygen atoms in total. The molecule has 0 spiro atoms. The third-order valence-electron chi connectivity index (χ3n) is 3.28. The molecule has 2 atom stereocenters. The summed E-state index contributed by atoms with van der Waals surface area (Å²) in [5.74, 6) is -0.151. The maximum absolute atomic E-state index is 12.3. The van der Waals surface area contributed by atoms with E-state index in [1.54, 1.807) is 30.2 Å². The zero-order chi connectivity index (χ0) is 13.8. The van der Waals surface area contributed by atoms with E-state index in [9.17, 15) is 9.59 Å². The van der Waals surface area contributed by atoms with Gasteiger partial charge in [-0.3, -0.25) is 9.59 Å². The Hall–Kier alpha value is -1.98. The topological polar surface area (TPSA) is 75.2 Å². The van der Waals surface area contributed by atoms with Crippen LogP contribution in [0.1, 0.15) is 32.4 Å². The normalized spacial score (nSPS) is 23.4. The van der Waals surface area contributed by atoms with Crippen LogP contribution in [-0.4, -0.2) is 39.0 Å². The van der Waals surface area contributed by atoms with Crippen LogP contribution in [0, 0.1) is 0 Å². The molecule has 1 aromatic heterocycles. The van der Waals surface area contributed by atoms with Crippen molar-refractivity contribution in [1.82, 2.24) is 20.4 Å². The second-order valence-electron chi connectivity index (χ2n) is 4.71. The van der Waals surface area contributed by atoms with Gasteiger partial charge in [0.1, 0.15) is 12.1 Å². The number of hydrogen-bond donors (Lipinski definition) is 1. The highest BCUT2D eigenvalue weighted by atomic mass is 16.2. The smallest absolute Gasteiger partial charge is 0.246 e. The van der Waals surface area contributed by atoms with E-state index in [-0.39, 0.29) is 11.8 Å². The number of hydrogen-bond acceptors (Lipinski definition) is 4. The largest absolute Gasteiger partial charge is 0.343 e. The first-order chi connectivity index (χ1) is 9.13. The van der Waals surface area contributed by atoms with Crippen molar-refractivity contribution in [2.75, 3.05) is 0 Å². The van der Waals surface area contributed by atoms with Crippen molar-refractivity contribution in [1.29, 1.82) is 0 Å². The van der Waals surface area contributed by atoms with E-state index in [4.69, 9.17) is 0 Å². The number of rotatable bonds is 4. The van der Waals surface area contributed by atoms with Gasteiger partial charge >= 0.3 is 0 Å². The minimum atomic E-state index is -0.470. The van der Waals surface area contributed by atoms with Crippen LogP contribution in [0.2, 0.25) is 0 Å². The summed E-state index contributed by atoms with van der Waals surface area (Å²) < 4.78 is 0. The maximum atomic E-state index is 12.3. The molecule has 2 amide bonds. The first kappa shape index (κ1) is 13.5. The monoisotopic (exact) mass is 262 g/mol. The molecule has 0 bridgehead atoms. The van der Waals surface area contributed by atoms with E-state index < -0.39 is 12.1 Å². The van der Waals surface area contributed by atoms with Crippen molar-refractivity contribution in [3.05, 3.63) is 24.0 Å². The Morgan fingerprint density at radius 1 is 1.42 bits per heavy atom. The molecule has 1 fully saturated rings. The molecule has 19 heavy (non-hydrogen) atoms. The van der Waals surface area contributed by atoms with Crippen LogP contribution in [0.4, 0.5) is 0 Å². The Morgan fingerprint density at radius 2 is 2.21 bits per heavy atom. The lowest BCUT2D eigenvalue weighted by Gasteiger charge is -2.37. The van der Waals surface area contributed by atoms with Gasteiger partial charge in [0.15, 0.2) is 0 Å². The molecule has 1 aliphatic heterocycles. The highest BCUT2D eigenvalue weighted by Gasteiger charge is 2.37. The standard InChI is InChI=1S/C13H18N4O2/c1-3-5-11-13(19)17(9(2)12(18)15-11)8-10-6-4-7-14-16-10/h4,6-7,9,11H,3,5,8H2,1-2H3,(H,15,18). The van der Waals surface area contributed by atoms with Crippen LogP contribution in [0.3, 0.4) is 0 Å². The molecule has 1 saturated heterocycles. The lowest BCUT2D eigenvalue weighted by atomic mass is 10.0. The van der Waals surface area contributed by atoms with E-state index in [0.717, 1.165) is 6.42 Å². The summed E-state index contributed by atoms with van der Waals surface area (Å²) in [5, 5.41) is 10.5. The van der Waals surface area contributed by atoms with Crippen LogP contribution < -0.4 is 5.32 Å². The predicted octanol–water partition coefficient (Wildman–Crippen LogP) is 0.492. The molecule has 102 valence electrons. The number of carbonyl (C=O) groups excluding carboxylic acids is 2. The van der Waals surface area contributed by atoms with E-state index in [1.165, 1.54) is 0 Å². The second kappa shape index (κ2) is 5.77. The third-order valence-corrected chi connectivity index (χ3v) is 3.28. The molecule has 0 aliphatic carbocycles. The SMILES string of the molecule is CCCC1NC(=O)C(C)N(Cc2cccnn2)C1=O. The third kappa shape index (κ3) is 2.89. The van der Waals surface area contributed by atoms with Gasteiger partial charge in [0.25, 0.3) is 0 Å². The highest BCUT2D eigenvalue weighted by molar-refractivity contribution is 5.96. The van der Waals surface area contributed by atoms with E-state index in [1.807, 2.05) is 6.92 Å². The van der Waals surface area contributed by atoms with Crippen molar-refractivity contribution >= 4 is 11.8 Å². The fraction of sp³-hybridized carbons (Fsp3) is 0.538. The van der Waals surface area contributed by atoms with Gasteiger partial charge in [0.2, 0.25) is 11.8 Å². The Morgan fingerprint density at radius 3 is 2.84 bits per heavy atom. The van der Waals surface area contributed by atoms with Gasteiger partial charge in [0.05, 0.1) is 12.2 Å². The zero-order valence-corrected chi connectivity index (χ0v) is 11.2. The van der Waals surface area contributed by atoms with E-state index >= 15 is 0 Å². The lowest BCUT2D eigenvalue weighted by molar-refractivity contribution is -0.149. The van der Waals surface area contributed by atoms with Crippen molar-refractivity contribution in [2.45, 2.75) is 45.3 Å². The van der Waals surface area contributed by atoms with Gasteiger partial charge in [-0.15, -0.1) is 0 Å². The molecule has 2 unspecified atom stereocenters. The fourth-order valence-electron chi connectivity index (χ4n) is 2.18. The summed E-state index contributed by atoms with van der Waals surface area (Å²) >= 11 is 0. The van der Waals surface area contributed by atoms with Crippen LogP contribution in [0.25, 0.3) is 0 Å². The maximum Gasteiger partial charge on any atom is 0.246 e. The van der Waals surface area contributed by atoms with Crippen molar-refractivity contribution in [3.63, 3.8) is 0 Å². The van der Waals surface area contributed by atoms with Gasteiger partial charge < -0.3 is 10.2 Å². The van der Waals surface area contributed by atoms with Crippen LogP contribution in [0.5, 0.6) is 0 Å². The lowest BCUT2D eigenvalue weighted by Crippen LogP contribution is -2.61. The minimum absolute atomic E-state index is 0.0420. The van der Waals surface area contributed by atoms with E-state index in [0.29, 0.717) is 18.7 Å². The molecular weight excluding hydrogens is 244 g/mol. The molecule has 1 N–H and O–H groups in total. The fourth-order valence-corrected chi connectivity index (χ4v) is 2.18. The van der Waals surface area contributed by atoms with Gasteiger partial charge in [-0.25, -0.2) is 0 Å². The van der Waals surface area contributed by atoms with Gasteiger partial charge in [0, 0.05) is 6.20 Å². The predicted molar refractivity (Wildman–Crippen MR) is 68.9 cm³/mol. The summed E-state index contributed by atoms with van der Waals surface area (Å²) in [7, 11) is 0. The molecule has 2 heterocycles. The molecular formula is C13H18N4O2. The van der Waals surface area contributed by atoms with Gasteiger partial charge in [-0.05, 0) is 25.5 Å². The molecule has 1 aliphatic rings. The average Bonchev–Trinajstić information content (AvgIpc) is 2.42. The zero-order valence-electron chi connectivity index (χ0n) is 11.2. The first-order valence-corrected chi connectivity index (χ1v) is 6.51. The van der Waals surface area contributed by atoms with Gasteiger partial charge in [-0.1, -0.05) is 13.3 Å². The van der Waals surface area contributed by atoms with Crippen LogP contribution in [0.15, 0.2) is 18.3 Å². The quantitative estimate of drug-likeness (QED) is 0.857. The Bertz CT molecular complexity index is 463. The van der Waals surface area contributed by atoms with Crippen molar-refractivity contribution in [3.8, 4) is 0 Å². The molecule has 0 radical (unpaired) electrons. The van der Waals surface area contributed by atoms with Crippen molar-refractivity contribution in [2.24, 2.45) is 0 Å². The minimum Gasteiger partial charge on any atom is -0.343 e. The van der Waals surface area contributed by atoms with E-state index in [2.05, 4.69) is 15.5 Å². The van der Waals surface area contributed by atoms with Crippen LogP contribution >= 0.6 is 0 Å². The molecule has 1 aromatic rings. The Labute approximate surface area is 112 Å². The summed E-state index contributed by atoms with van der Waals surface area (Å²) in [6.45, 7) is 4.04. The highest BCUT2D eigenvalue weighted by Crippen LogP contribution is 2.15. The average molecular weight is 262 g/mol. The number of nitrogens with one attached hydrogen (secondary N) is 1. The molecule has 0 aromatic carbocycles. The summed E-state index contributed by atoms with van der Waals surface area (Å²) in [6.07, 6.45) is 3.09. The molecule has 0 saturated carbocycles. The van der Waals surface area contributed by atoms with Crippen molar-refractivity contribution < 1.29 is 9.59 Å². The first-order valence-electron chi connectivity index (χ1n) is 6.51. The number of amides is 2. The summed E-state index contributed by atoms with van der Waals surface area (Å²) in [6, 6.07) is 2.69. The summed E-state index contributed by atoms with van der Waals surface area (Å²) in [4.78, 5) is 25.8. The van der Waals surface area contributed by atoms with Crippen LogP contribution in [-0.2, 0) is 16.1 Å². The number of piperazine rings is 1. The van der Waals surface area contributed by atoms with Gasteiger partial charge in [-0.2, -0.15) is 10.2 Å². The molecule has 6 heteroatoms. The second-order valence-corrected chi connectivity index (χ2v) is 4.71. The summed E-state index contributed by atoms with van der Waals surface area (Å²) in [5.41, 5.74) is 0.688.